The first-order valence-corrected chi connectivity index (χ1v) is 15.5. The van der Waals surface area contributed by atoms with Gasteiger partial charge in [0.1, 0.15) is 0 Å². The molecular formula is C32H46ClN7O2. The van der Waals surface area contributed by atoms with E-state index in [1.165, 1.54) is 18.7 Å². The first kappa shape index (κ1) is 30.6. The number of aromatic nitrogens is 2. The summed E-state index contributed by atoms with van der Waals surface area (Å²) in [5, 5.41) is 13.9. The molecule has 9 nitrogen and oxygen atoms in total. The number of nitrogen functional groups attached to an aromatic ring is 1. The van der Waals surface area contributed by atoms with Crippen LogP contribution in [0.3, 0.4) is 0 Å². The number of ether oxygens (including phenoxy) is 1. The second kappa shape index (κ2) is 12.0. The number of nitrogens with one attached hydrogen (secondary N) is 1. The third kappa shape index (κ3) is 5.83. The van der Waals surface area contributed by atoms with Crippen LogP contribution in [0.25, 0.3) is 11.1 Å². The van der Waals surface area contributed by atoms with Crippen molar-refractivity contribution < 1.29 is 9.53 Å². The second-order valence-corrected chi connectivity index (χ2v) is 13.6. The number of morpholine rings is 1. The van der Waals surface area contributed by atoms with Gasteiger partial charge in [0.05, 0.1) is 24.3 Å². The topological polar surface area (TPSA) is 104 Å². The average Bonchev–Trinajstić information content (AvgIpc) is 3.33. The minimum absolute atomic E-state index is 0.0147. The normalized spacial score (nSPS) is 21.6. The fourth-order valence-corrected chi connectivity index (χ4v) is 7.20. The first-order chi connectivity index (χ1) is 20.0. The molecule has 6 rings (SSSR count). The van der Waals surface area contributed by atoms with Gasteiger partial charge in [0.15, 0.2) is 5.82 Å². The molecule has 2 aromatic rings. The van der Waals surface area contributed by atoms with E-state index in [2.05, 4.69) is 48.2 Å². The van der Waals surface area contributed by atoms with Crippen LogP contribution in [0.2, 0.25) is 5.02 Å². The molecule has 0 unspecified atom stereocenters. The summed E-state index contributed by atoms with van der Waals surface area (Å²) in [7, 11) is 2.11. The van der Waals surface area contributed by atoms with E-state index in [4.69, 9.17) is 32.6 Å². The van der Waals surface area contributed by atoms with E-state index in [9.17, 15) is 4.79 Å². The number of hydrogen-bond acceptors (Lipinski definition) is 7. The minimum Gasteiger partial charge on any atom is -0.398 e. The zero-order valence-electron chi connectivity index (χ0n) is 25.6. The lowest BCUT2D eigenvalue weighted by molar-refractivity contribution is -0.149. The van der Waals surface area contributed by atoms with Crippen molar-refractivity contribution in [1.29, 1.82) is 5.41 Å². The average molecular weight is 596 g/mol. The highest BCUT2D eigenvalue weighted by molar-refractivity contribution is 6.35. The zero-order chi connectivity index (χ0) is 30.2. The highest BCUT2D eigenvalue weighted by atomic mass is 35.5. The number of carbonyl (C=O) groups excluding carboxylic acids is 1. The van der Waals surface area contributed by atoms with Crippen molar-refractivity contribution in [2.45, 2.75) is 64.5 Å². The number of carbonyl (C=O) groups is 1. The highest BCUT2D eigenvalue weighted by Gasteiger charge is 2.54. The molecule has 1 spiro atoms. The van der Waals surface area contributed by atoms with Crippen molar-refractivity contribution >= 4 is 35.2 Å². The van der Waals surface area contributed by atoms with Crippen LogP contribution in [0.15, 0.2) is 24.9 Å². The van der Waals surface area contributed by atoms with Crippen molar-refractivity contribution in [3.05, 3.63) is 41.1 Å². The van der Waals surface area contributed by atoms with Gasteiger partial charge in [0.2, 0.25) is 5.91 Å². The molecule has 1 amide bonds. The number of halogens is 1. The molecule has 4 fully saturated rings. The summed E-state index contributed by atoms with van der Waals surface area (Å²) in [5.41, 5.74) is 10.3. The second-order valence-electron chi connectivity index (χ2n) is 13.2. The standard InChI is InChI=1S/C27H35ClN6O.C5H11NO/c1-5-22(35)32-15-27(16-32)11-18(12-27)34-14-20(23-19(13-29)21(30)10-17(2)24(23)28)25(31-34)33-9-7-6-8-26(33,3)4;1-6-2-4-7-5-3-6/h5,10,13-14,18,29H,1,6-9,11-12,15-16,30H2,2-4H3;2-5H2,1H3. The maximum Gasteiger partial charge on any atom is 0.245 e. The van der Waals surface area contributed by atoms with E-state index in [1.54, 1.807) is 0 Å². The molecular weight excluding hydrogens is 550 g/mol. The van der Waals surface area contributed by atoms with Crippen LogP contribution in [0, 0.1) is 17.7 Å². The van der Waals surface area contributed by atoms with Crippen LogP contribution in [-0.4, -0.2) is 90.2 Å². The van der Waals surface area contributed by atoms with Crippen molar-refractivity contribution in [1.82, 2.24) is 19.6 Å². The largest absolute Gasteiger partial charge is 0.398 e. The minimum atomic E-state index is -0.0285. The number of nitrogens with two attached hydrogens (primary N) is 1. The van der Waals surface area contributed by atoms with Crippen molar-refractivity contribution in [3.63, 3.8) is 0 Å². The molecule has 228 valence electrons. The summed E-state index contributed by atoms with van der Waals surface area (Å²) in [6, 6.07) is 2.12. The number of hydrogen-bond donors (Lipinski definition) is 2. The van der Waals surface area contributed by atoms with Gasteiger partial charge in [-0.05, 0) is 77.6 Å². The summed E-state index contributed by atoms with van der Waals surface area (Å²) in [6.07, 6.45) is 10.2. The number of piperidine rings is 1. The van der Waals surface area contributed by atoms with Crippen LogP contribution in [-0.2, 0) is 9.53 Å². The predicted molar refractivity (Wildman–Crippen MR) is 171 cm³/mol. The molecule has 4 aliphatic rings. The molecule has 1 saturated carbocycles. The van der Waals surface area contributed by atoms with Crippen LogP contribution in [0.5, 0.6) is 0 Å². The van der Waals surface area contributed by atoms with Crippen LogP contribution in [0.1, 0.15) is 63.1 Å². The van der Waals surface area contributed by atoms with Gasteiger partial charge >= 0.3 is 0 Å². The van der Waals surface area contributed by atoms with Gasteiger partial charge in [0.25, 0.3) is 0 Å². The number of amides is 1. The molecule has 42 heavy (non-hydrogen) atoms. The van der Waals surface area contributed by atoms with E-state index in [-0.39, 0.29) is 22.9 Å². The molecule has 3 aliphatic heterocycles. The third-order valence-corrected chi connectivity index (χ3v) is 10.0. The molecule has 10 heteroatoms. The van der Waals surface area contributed by atoms with E-state index in [0.29, 0.717) is 16.3 Å². The Balaban J connectivity index is 0.000000442. The lowest BCUT2D eigenvalue weighted by Crippen LogP contribution is -2.63. The molecule has 3 N–H and O–H groups in total. The van der Waals surface area contributed by atoms with Gasteiger partial charge < -0.3 is 30.6 Å². The fraction of sp³-hybridized carbons (Fsp3) is 0.594. The van der Waals surface area contributed by atoms with E-state index in [0.717, 1.165) is 94.1 Å². The van der Waals surface area contributed by atoms with Crippen LogP contribution >= 0.6 is 11.6 Å². The number of aryl methyl sites for hydroxylation is 1. The van der Waals surface area contributed by atoms with Crippen LogP contribution in [0.4, 0.5) is 11.5 Å². The Kier molecular flexibility index (Phi) is 8.75. The molecule has 1 aromatic carbocycles. The number of likely N-dealkylation sites (N-methyl/N-ethyl adjacent to an activating group) is 1. The van der Waals surface area contributed by atoms with Crippen molar-refractivity contribution in [2.75, 3.05) is 63.6 Å². The predicted octanol–water partition coefficient (Wildman–Crippen LogP) is 5.16. The lowest BCUT2D eigenvalue weighted by Gasteiger charge is -2.58. The number of nitrogens with zero attached hydrogens (tertiary/aromatic N) is 5. The van der Waals surface area contributed by atoms with Gasteiger partial charge in [-0.1, -0.05) is 18.2 Å². The van der Waals surface area contributed by atoms with Gasteiger partial charge in [-0.25, -0.2) is 0 Å². The van der Waals surface area contributed by atoms with Crippen molar-refractivity contribution in [3.8, 4) is 11.1 Å². The number of rotatable bonds is 5. The van der Waals surface area contributed by atoms with Gasteiger partial charge in [-0.2, -0.15) is 5.10 Å². The lowest BCUT2D eigenvalue weighted by atomic mass is 9.60. The number of likely N-dealkylation sites (tertiary alicyclic amines) is 1. The summed E-state index contributed by atoms with van der Waals surface area (Å²) in [5.74, 6) is 0.934. The molecule has 3 saturated heterocycles. The Labute approximate surface area is 255 Å². The molecule has 1 aliphatic carbocycles. The molecule has 0 radical (unpaired) electrons. The monoisotopic (exact) mass is 595 g/mol. The Morgan fingerprint density at radius 1 is 1.21 bits per heavy atom. The Hall–Kier alpha value is -2.88. The van der Waals surface area contributed by atoms with Gasteiger partial charge in [-0.15, -0.1) is 0 Å². The maximum atomic E-state index is 11.9. The summed E-state index contributed by atoms with van der Waals surface area (Å²) in [6.45, 7) is 16.7. The van der Waals surface area contributed by atoms with E-state index >= 15 is 0 Å². The van der Waals surface area contributed by atoms with Crippen LogP contribution < -0.4 is 10.6 Å². The highest BCUT2D eigenvalue weighted by Crippen LogP contribution is 2.55. The number of anilines is 2. The maximum absolute atomic E-state index is 11.9. The van der Waals surface area contributed by atoms with E-state index < -0.39 is 0 Å². The summed E-state index contributed by atoms with van der Waals surface area (Å²) >= 11 is 6.88. The fourth-order valence-electron chi connectivity index (χ4n) is 6.94. The quantitative estimate of drug-likeness (QED) is 0.281. The molecule has 0 atom stereocenters. The Bertz CT molecular complexity index is 1330. The Morgan fingerprint density at radius 3 is 2.48 bits per heavy atom. The van der Waals surface area contributed by atoms with Crippen molar-refractivity contribution in [2.24, 2.45) is 5.41 Å². The molecule has 1 aromatic heterocycles. The SMILES string of the molecule is C=CC(=O)N1CC2(CC(n3cc(-c4c(Cl)c(C)cc(N)c4C=N)c(N4CCCCC4(C)C)n3)C2)C1.CN1CCOCC1. The smallest absolute Gasteiger partial charge is 0.245 e. The zero-order valence-corrected chi connectivity index (χ0v) is 26.3. The van der Waals surface area contributed by atoms with E-state index in [1.807, 2.05) is 17.9 Å². The number of benzene rings is 1. The molecule has 4 heterocycles. The van der Waals surface area contributed by atoms with Gasteiger partial charge in [0, 0.05) is 78.5 Å². The Morgan fingerprint density at radius 2 is 1.90 bits per heavy atom. The first-order valence-electron chi connectivity index (χ1n) is 15.1. The molecule has 0 bridgehead atoms. The summed E-state index contributed by atoms with van der Waals surface area (Å²) in [4.78, 5) is 18.4. The van der Waals surface area contributed by atoms with Gasteiger partial charge in [-0.3, -0.25) is 9.48 Å². The third-order valence-electron chi connectivity index (χ3n) is 9.54. The summed E-state index contributed by atoms with van der Waals surface area (Å²) < 4.78 is 7.20.